The SMILES string of the molecule is O=C(NCC1CNC1)c1cccnc1Nc1cccc(C(F)(F)F)c1. The van der Waals surface area contributed by atoms with Gasteiger partial charge >= 0.3 is 6.18 Å². The van der Waals surface area contributed by atoms with Crippen LogP contribution in [0.3, 0.4) is 0 Å². The Morgan fingerprint density at radius 3 is 2.72 bits per heavy atom. The van der Waals surface area contributed by atoms with E-state index in [4.69, 9.17) is 0 Å². The highest BCUT2D eigenvalue weighted by molar-refractivity contribution is 5.99. The Morgan fingerprint density at radius 1 is 1.24 bits per heavy atom. The molecule has 0 saturated carbocycles. The van der Waals surface area contributed by atoms with Crippen molar-refractivity contribution in [3.05, 3.63) is 53.7 Å². The van der Waals surface area contributed by atoms with Gasteiger partial charge in [0.25, 0.3) is 5.91 Å². The largest absolute Gasteiger partial charge is 0.416 e. The third-order valence-corrected chi connectivity index (χ3v) is 3.92. The molecule has 1 amide bonds. The summed E-state index contributed by atoms with van der Waals surface area (Å²) in [6.45, 7) is 2.27. The molecule has 0 unspecified atom stereocenters. The number of carbonyl (C=O) groups excluding carboxylic acids is 1. The fourth-order valence-corrected chi connectivity index (χ4v) is 2.42. The second-order valence-corrected chi connectivity index (χ2v) is 5.84. The average Bonchev–Trinajstić information content (AvgIpc) is 2.53. The van der Waals surface area contributed by atoms with Gasteiger partial charge in [-0.15, -0.1) is 0 Å². The molecule has 1 aromatic carbocycles. The predicted molar refractivity (Wildman–Crippen MR) is 87.7 cm³/mol. The van der Waals surface area contributed by atoms with Crippen LogP contribution in [0.5, 0.6) is 0 Å². The molecule has 2 aromatic rings. The molecular formula is C17H17F3N4O. The van der Waals surface area contributed by atoms with E-state index in [2.05, 4.69) is 20.9 Å². The summed E-state index contributed by atoms with van der Waals surface area (Å²) < 4.78 is 38.4. The highest BCUT2D eigenvalue weighted by Crippen LogP contribution is 2.31. The molecule has 1 aliphatic rings. The summed E-state index contributed by atoms with van der Waals surface area (Å²) in [5, 5.41) is 8.74. The molecule has 1 fully saturated rings. The molecule has 0 radical (unpaired) electrons. The van der Waals surface area contributed by atoms with Crippen LogP contribution in [-0.4, -0.2) is 30.5 Å². The zero-order valence-corrected chi connectivity index (χ0v) is 13.2. The third-order valence-electron chi connectivity index (χ3n) is 3.92. The molecule has 5 nitrogen and oxygen atoms in total. The minimum absolute atomic E-state index is 0.214. The highest BCUT2D eigenvalue weighted by atomic mass is 19.4. The van der Waals surface area contributed by atoms with Gasteiger partial charge < -0.3 is 16.0 Å². The number of nitrogens with zero attached hydrogens (tertiary/aromatic N) is 1. The monoisotopic (exact) mass is 350 g/mol. The fourth-order valence-electron chi connectivity index (χ4n) is 2.42. The lowest BCUT2D eigenvalue weighted by atomic mass is 10.0. The zero-order chi connectivity index (χ0) is 17.9. The first kappa shape index (κ1) is 17.2. The van der Waals surface area contributed by atoms with Crippen molar-refractivity contribution in [2.75, 3.05) is 25.0 Å². The van der Waals surface area contributed by atoms with Crippen molar-refractivity contribution in [2.24, 2.45) is 5.92 Å². The molecule has 8 heteroatoms. The smallest absolute Gasteiger partial charge is 0.352 e. The fraction of sp³-hybridized carbons (Fsp3) is 0.294. The van der Waals surface area contributed by atoms with E-state index < -0.39 is 11.7 Å². The summed E-state index contributed by atoms with van der Waals surface area (Å²) in [6, 6.07) is 7.96. The quantitative estimate of drug-likeness (QED) is 0.776. The van der Waals surface area contributed by atoms with E-state index >= 15 is 0 Å². The number of amides is 1. The van der Waals surface area contributed by atoms with Crippen molar-refractivity contribution in [3.63, 3.8) is 0 Å². The summed E-state index contributed by atoms with van der Waals surface area (Å²) in [4.78, 5) is 16.4. The standard InChI is InChI=1S/C17H17F3N4O/c18-17(19,20)12-3-1-4-13(7-12)24-15-14(5-2-6-22-15)16(25)23-10-11-8-21-9-11/h1-7,11,21H,8-10H2,(H,22,24)(H,23,25). The molecule has 3 rings (SSSR count). The van der Waals surface area contributed by atoms with E-state index in [1.807, 2.05) is 0 Å². The maximum absolute atomic E-state index is 12.8. The van der Waals surface area contributed by atoms with E-state index in [0.717, 1.165) is 25.2 Å². The van der Waals surface area contributed by atoms with Crippen LogP contribution in [0.4, 0.5) is 24.7 Å². The number of anilines is 2. The van der Waals surface area contributed by atoms with E-state index in [1.165, 1.54) is 18.3 Å². The lowest BCUT2D eigenvalue weighted by Gasteiger charge is -2.27. The van der Waals surface area contributed by atoms with E-state index in [1.54, 1.807) is 12.1 Å². The molecule has 25 heavy (non-hydrogen) atoms. The van der Waals surface area contributed by atoms with Gasteiger partial charge in [-0.05, 0) is 30.3 Å². The van der Waals surface area contributed by atoms with Crippen LogP contribution in [0, 0.1) is 5.92 Å². The van der Waals surface area contributed by atoms with Crippen molar-refractivity contribution in [3.8, 4) is 0 Å². The summed E-state index contributed by atoms with van der Waals surface area (Å²) in [5.41, 5.74) is -0.269. The van der Waals surface area contributed by atoms with Gasteiger partial charge in [-0.25, -0.2) is 4.98 Å². The van der Waals surface area contributed by atoms with Gasteiger partial charge in [-0.3, -0.25) is 4.79 Å². The molecule has 3 N–H and O–H groups in total. The second-order valence-electron chi connectivity index (χ2n) is 5.84. The van der Waals surface area contributed by atoms with Crippen LogP contribution in [0.15, 0.2) is 42.6 Å². The predicted octanol–water partition coefficient (Wildman–Crippen LogP) is 2.79. The maximum Gasteiger partial charge on any atom is 0.416 e. The Kier molecular flexibility index (Phi) is 4.89. The number of hydrogen-bond donors (Lipinski definition) is 3. The summed E-state index contributed by atoms with van der Waals surface area (Å²) in [7, 11) is 0. The van der Waals surface area contributed by atoms with Crippen LogP contribution in [0.2, 0.25) is 0 Å². The molecule has 0 aliphatic carbocycles. The van der Waals surface area contributed by atoms with Crippen molar-refractivity contribution in [1.29, 1.82) is 0 Å². The lowest BCUT2D eigenvalue weighted by molar-refractivity contribution is -0.137. The maximum atomic E-state index is 12.8. The first-order chi connectivity index (χ1) is 11.9. The number of benzene rings is 1. The van der Waals surface area contributed by atoms with Crippen molar-refractivity contribution < 1.29 is 18.0 Å². The second kappa shape index (κ2) is 7.10. The van der Waals surface area contributed by atoms with Gasteiger partial charge in [0, 0.05) is 37.4 Å². The number of hydrogen-bond acceptors (Lipinski definition) is 4. The van der Waals surface area contributed by atoms with Crippen molar-refractivity contribution in [2.45, 2.75) is 6.18 Å². The summed E-state index contributed by atoms with van der Waals surface area (Å²) in [5.74, 6) is 0.307. The summed E-state index contributed by atoms with van der Waals surface area (Å²) in [6.07, 6.45) is -2.96. The van der Waals surface area contributed by atoms with Crippen LogP contribution >= 0.6 is 0 Å². The first-order valence-corrected chi connectivity index (χ1v) is 7.81. The van der Waals surface area contributed by atoms with Gasteiger partial charge in [-0.2, -0.15) is 13.2 Å². The van der Waals surface area contributed by atoms with Crippen LogP contribution in [-0.2, 0) is 6.18 Å². The first-order valence-electron chi connectivity index (χ1n) is 7.81. The van der Waals surface area contributed by atoms with Crippen molar-refractivity contribution in [1.82, 2.24) is 15.6 Å². The van der Waals surface area contributed by atoms with Gasteiger partial charge in [0.1, 0.15) is 5.82 Å². The Hall–Kier alpha value is -2.61. The Bertz CT molecular complexity index is 760. The van der Waals surface area contributed by atoms with E-state index in [-0.39, 0.29) is 23.0 Å². The molecule has 2 heterocycles. The minimum Gasteiger partial charge on any atom is -0.352 e. The number of halogens is 3. The topological polar surface area (TPSA) is 66.0 Å². The van der Waals surface area contributed by atoms with E-state index in [0.29, 0.717) is 12.5 Å². The molecule has 0 atom stereocenters. The molecule has 0 bridgehead atoms. The Labute approximate surface area is 142 Å². The average molecular weight is 350 g/mol. The number of carbonyl (C=O) groups is 1. The van der Waals surface area contributed by atoms with Gasteiger partial charge in [0.15, 0.2) is 0 Å². The van der Waals surface area contributed by atoms with Crippen LogP contribution in [0.25, 0.3) is 0 Å². The highest BCUT2D eigenvalue weighted by Gasteiger charge is 2.30. The molecule has 1 aromatic heterocycles. The molecule has 1 saturated heterocycles. The number of pyridine rings is 1. The van der Waals surface area contributed by atoms with Gasteiger partial charge in [0.05, 0.1) is 11.1 Å². The normalized spacial score (nSPS) is 14.7. The number of rotatable bonds is 5. The van der Waals surface area contributed by atoms with Crippen LogP contribution < -0.4 is 16.0 Å². The van der Waals surface area contributed by atoms with Crippen molar-refractivity contribution >= 4 is 17.4 Å². The molecular weight excluding hydrogens is 333 g/mol. The summed E-state index contributed by atoms with van der Waals surface area (Å²) >= 11 is 0. The Balaban J connectivity index is 1.75. The zero-order valence-electron chi connectivity index (χ0n) is 13.2. The molecule has 132 valence electrons. The van der Waals surface area contributed by atoms with Gasteiger partial charge in [0.2, 0.25) is 0 Å². The number of nitrogens with one attached hydrogen (secondary N) is 3. The third kappa shape index (κ3) is 4.27. The molecule has 0 spiro atoms. The number of alkyl halides is 3. The van der Waals surface area contributed by atoms with E-state index in [9.17, 15) is 18.0 Å². The van der Waals surface area contributed by atoms with Gasteiger partial charge in [-0.1, -0.05) is 6.07 Å². The number of aromatic nitrogens is 1. The lowest BCUT2D eigenvalue weighted by Crippen LogP contribution is -2.48. The molecule has 1 aliphatic heterocycles. The Morgan fingerprint density at radius 2 is 2.04 bits per heavy atom. The van der Waals surface area contributed by atoms with Crippen LogP contribution in [0.1, 0.15) is 15.9 Å². The minimum atomic E-state index is -4.43.